The van der Waals surface area contributed by atoms with E-state index in [4.69, 9.17) is 0 Å². The van der Waals surface area contributed by atoms with Crippen LogP contribution in [0.25, 0.3) is 0 Å². The lowest BCUT2D eigenvalue weighted by molar-refractivity contribution is 0.0530. The highest BCUT2D eigenvalue weighted by Gasteiger charge is 2.24. The van der Waals surface area contributed by atoms with E-state index in [-0.39, 0.29) is 12.5 Å². The Morgan fingerprint density at radius 2 is 2.05 bits per heavy atom. The van der Waals surface area contributed by atoms with Gasteiger partial charge in [-0.15, -0.1) is 11.8 Å². The van der Waals surface area contributed by atoms with Crippen LogP contribution in [-0.4, -0.2) is 23.3 Å². The number of hydrogen-bond donors (Lipinski definition) is 2. The summed E-state index contributed by atoms with van der Waals surface area (Å²) in [5, 5.41) is 17.0. The maximum absolute atomic E-state index is 12.1. The maximum Gasteiger partial charge on any atom is 0.251 e. The summed E-state index contributed by atoms with van der Waals surface area (Å²) in [4.78, 5) is 13.3. The Bertz CT molecular complexity index is 577. The van der Waals surface area contributed by atoms with E-state index in [1.165, 1.54) is 11.3 Å². The average molecular weight is 321 g/mol. The lowest BCUT2D eigenvalue weighted by Gasteiger charge is -2.22. The predicted molar refractivity (Wildman–Crippen MR) is 89.1 cm³/mol. The molecule has 0 fully saturated rings. The van der Waals surface area contributed by atoms with Gasteiger partial charge in [0.1, 0.15) is 5.60 Å². The van der Waals surface area contributed by atoms with Crippen LogP contribution < -0.4 is 5.32 Å². The van der Waals surface area contributed by atoms with Crippen molar-refractivity contribution in [2.24, 2.45) is 0 Å². The van der Waals surface area contributed by atoms with E-state index in [0.717, 1.165) is 16.2 Å². The van der Waals surface area contributed by atoms with Crippen LogP contribution in [0.1, 0.15) is 29.8 Å². The van der Waals surface area contributed by atoms with E-state index in [1.807, 2.05) is 41.1 Å². The quantitative estimate of drug-likeness (QED) is 0.801. The van der Waals surface area contributed by atoms with Crippen molar-refractivity contribution in [3.63, 3.8) is 0 Å². The summed E-state index contributed by atoms with van der Waals surface area (Å²) in [6, 6.07) is 9.38. The number of carbonyl (C=O) groups excluding carboxylic acids is 1. The van der Waals surface area contributed by atoms with Gasteiger partial charge >= 0.3 is 0 Å². The van der Waals surface area contributed by atoms with E-state index in [9.17, 15) is 9.90 Å². The topological polar surface area (TPSA) is 49.3 Å². The second kappa shape index (κ2) is 7.11. The van der Waals surface area contributed by atoms with Crippen molar-refractivity contribution in [3.05, 3.63) is 52.2 Å². The summed E-state index contributed by atoms with van der Waals surface area (Å²) >= 11 is 3.27. The molecule has 2 N–H and O–H groups in total. The Labute approximate surface area is 133 Å². The Hall–Kier alpha value is -1.30. The number of hydrogen-bond acceptors (Lipinski definition) is 4. The monoisotopic (exact) mass is 321 g/mol. The van der Waals surface area contributed by atoms with Gasteiger partial charge in [0.2, 0.25) is 0 Å². The van der Waals surface area contributed by atoms with Gasteiger partial charge in [-0.05, 0) is 59.3 Å². The van der Waals surface area contributed by atoms with Crippen molar-refractivity contribution in [2.75, 3.05) is 12.3 Å². The Morgan fingerprint density at radius 1 is 1.33 bits per heavy atom. The number of thioether (sulfide) groups is 1. The molecule has 1 amide bonds. The molecular weight excluding hydrogens is 302 g/mol. The van der Waals surface area contributed by atoms with Crippen molar-refractivity contribution >= 4 is 29.0 Å². The first-order valence-electron chi connectivity index (χ1n) is 6.79. The molecule has 1 heterocycles. The van der Waals surface area contributed by atoms with Crippen LogP contribution in [0, 0.1) is 0 Å². The summed E-state index contributed by atoms with van der Waals surface area (Å²) in [5.74, 6) is 0.841. The first kappa shape index (κ1) is 16.1. The molecule has 1 aromatic carbocycles. The summed E-state index contributed by atoms with van der Waals surface area (Å²) in [7, 11) is 0. The summed E-state index contributed by atoms with van der Waals surface area (Å²) in [6.45, 7) is 3.99. The molecule has 5 heteroatoms. The van der Waals surface area contributed by atoms with Gasteiger partial charge in [0.15, 0.2) is 0 Å². The zero-order valence-corrected chi connectivity index (χ0v) is 13.8. The molecule has 21 heavy (non-hydrogen) atoms. The molecule has 2 rings (SSSR count). The van der Waals surface area contributed by atoms with Crippen molar-refractivity contribution in [1.29, 1.82) is 0 Å². The SMILES string of the molecule is CCSc1ccc(C(=O)NCC(C)(O)c2ccsc2)cc1. The van der Waals surface area contributed by atoms with Gasteiger partial charge in [-0.1, -0.05) is 6.92 Å². The van der Waals surface area contributed by atoms with E-state index in [0.29, 0.717) is 5.56 Å². The number of amides is 1. The lowest BCUT2D eigenvalue weighted by atomic mass is 9.99. The van der Waals surface area contributed by atoms with Crippen molar-refractivity contribution in [1.82, 2.24) is 5.32 Å². The molecule has 0 saturated heterocycles. The Morgan fingerprint density at radius 3 is 2.62 bits per heavy atom. The molecule has 0 aliphatic heterocycles. The highest BCUT2D eigenvalue weighted by molar-refractivity contribution is 7.99. The van der Waals surface area contributed by atoms with Gasteiger partial charge in [-0.2, -0.15) is 11.3 Å². The molecule has 1 aromatic heterocycles. The summed E-state index contributed by atoms with van der Waals surface area (Å²) < 4.78 is 0. The van der Waals surface area contributed by atoms with Crippen molar-refractivity contribution in [2.45, 2.75) is 24.3 Å². The molecule has 3 nitrogen and oxygen atoms in total. The fraction of sp³-hybridized carbons (Fsp3) is 0.312. The third-order valence-electron chi connectivity index (χ3n) is 3.16. The zero-order valence-electron chi connectivity index (χ0n) is 12.1. The van der Waals surface area contributed by atoms with Crippen LogP contribution in [0.15, 0.2) is 46.0 Å². The van der Waals surface area contributed by atoms with E-state index < -0.39 is 5.60 Å². The third kappa shape index (κ3) is 4.33. The minimum Gasteiger partial charge on any atom is -0.384 e. The molecule has 0 radical (unpaired) electrons. The van der Waals surface area contributed by atoms with E-state index in [1.54, 1.807) is 18.7 Å². The Kier molecular flexibility index (Phi) is 5.45. The van der Waals surface area contributed by atoms with E-state index >= 15 is 0 Å². The fourth-order valence-electron chi connectivity index (χ4n) is 1.90. The number of carbonyl (C=O) groups is 1. The van der Waals surface area contributed by atoms with Gasteiger partial charge < -0.3 is 10.4 Å². The summed E-state index contributed by atoms with van der Waals surface area (Å²) in [5.41, 5.74) is 0.382. The van der Waals surface area contributed by atoms with Crippen LogP contribution in [-0.2, 0) is 5.60 Å². The standard InChI is InChI=1S/C16H19NO2S2/c1-3-21-14-6-4-12(5-7-14)15(18)17-11-16(2,19)13-8-9-20-10-13/h4-10,19H,3,11H2,1-2H3,(H,17,18). The van der Waals surface area contributed by atoms with Gasteiger partial charge in [-0.25, -0.2) is 0 Å². The minimum absolute atomic E-state index is 0.168. The fourth-order valence-corrected chi connectivity index (χ4v) is 3.34. The second-order valence-corrected chi connectivity index (χ2v) is 7.04. The highest BCUT2D eigenvalue weighted by atomic mass is 32.2. The normalized spacial score (nSPS) is 13.7. The lowest BCUT2D eigenvalue weighted by Crippen LogP contribution is -2.38. The first-order chi connectivity index (χ1) is 10.0. The maximum atomic E-state index is 12.1. The minimum atomic E-state index is -1.05. The molecular formula is C16H19NO2S2. The van der Waals surface area contributed by atoms with Gasteiger partial charge in [-0.3, -0.25) is 4.79 Å². The predicted octanol–water partition coefficient (Wildman–Crippen LogP) is 3.50. The van der Waals surface area contributed by atoms with Crippen LogP contribution in [0.2, 0.25) is 0 Å². The highest BCUT2D eigenvalue weighted by Crippen LogP contribution is 2.22. The largest absolute Gasteiger partial charge is 0.384 e. The molecule has 0 bridgehead atoms. The second-order valence-electron chi connectivity index (χ2n) is 4.93. The first-order valence-corrected chi connectivity index (χ1v) is 8.72. The third-order valence-corrected chi connectivity index (χ3v) is 4.74. The number of rotatable bonds is 6. The zero-order chi connectivity index (χ0) is 15.3. The molecule has 0 saturated carbocycles. The smallest absolute Gasteiger partial charge is 0.251 e. The van der Waals surface area contributed by atoms with Crippen LogP contribution >= 0.6 is 23.1 Å². The van der Waals surface area contributed by atoms with Crippen LogP contribution in [0.3, 0.4) is 0 Å². The number of thiophene rings is 1. The van der Waals surface area contributed by atoms with Gasteiger partial charge in [0.25, 0.3) is 5.91 Å². The van der Waals surface area contributed by atoms with Crippen LogP contribution in [0.4, 0.5) is 0 Å². The molecule has 0 aliphatic rings. The molecule has 2 aromatic rings. The van der Waals surface area contributed by atoms with E-state index in [2.05, 4.69) is 12.2 Å². The number of aliphatic hydroxyl groups is 1. The number of benzene rings is 1. The molecule has 0 spiro atoms. The molecule has 1 atom stereocenters. The molecule has 112 valence electrons. The molecule has 0 aliphatic carbocycles. The molecule has 1 unspecified atom stereocenters. The van der Waals surface area contributed by atoms with Crippen LogP contribution in [0.5, 0.6) is 0 Å². The number of nitrogens with one attached hydrogen (secondary N) is 1. The average Bonchev–Trinajstić information content (AvgIpc) is 3.01. The van der Waals surface area contributed by atoms with Crippen molar-refractivity contribution in [3.8, 4) is 0 Å². The Balaban J connectivity index is 1.95. The van der Waals surface area contributed by atoms with Gasteiger partial charge in [0, 0.05) is 10.5 Å². The van der Waals surface area contributed by atoms with Gasteiger partial charge in [0.05, 0.1) is 6.54 Å². The summed E-state index contributed by atoms with van der Waals surface area (Å²) in [6.07, 6.45) is 0. The van der Waals surface area contributed by atoms with Crippen molar-refractivity contribution < 1.29 is 9.90 Å².